The van der Waals surface area contributed by atoms with Gasteiger partial charge in [0.1, 0.15) is 17.1 Å². The molecular weight excluding hydrogens is 276 g/mol. The molecule has 0 saturated heterocycles. The third-order valence-corrected chi connectivity index (χ3v) is 3.89. The number of pyridine rings is 1. The minimum Gasteiger partial charge on any atom is -0.491 e. The Balaban J connectivity index is 1.97. The lowest BCUT2D eigenvalue weighted by Crippen LogP contribution is -2.01. The summed E-state index contributed by atoms with van der Waals surface area (Å²) < 4.78 is 8.19. The van der Waals surface area contributed by atoms with Gasteiger partial charge in [-0.2, -0.15) is 0 Å². The summed E-state index contributed by atoms with van der Waals surface area (Å²) in [5.41, 5.74) is 4.14. The average Bonchev–Trinajstić information content (AvgIpc) is 2.77. The number of anilines is 1. The van der Waals surface area contributed by atoms with Crippen LogP contribution in [-0.2, 0) is 6.54 Å². The van der Waals surface area contributed by atoms with Crippen LogP contribution in [0.1, 0.15) is 13.3 Å². The maximum atomic E-state index is 5.94. The SMILES string of the molecule is CCNc1cc2c3c(c1)nc(-c1cccnc1)n3CCCO2. The number of imidazole rings is 1. The van der Waals surface area contributed by atoms with Crippen molar-refractivity contribution < 1.29 is 4.74 Å². The number of aryl methyl sites for hydroxylation is 1. The summed E-state index contributed by atoms with van der Waals surface area (Å²) in [6.45, 7) is 4.61. The number of rotatable bonds is 3. The average molecular weight is 294 g/mol. The van der Waals surface area contributed by atoms with Crippen LogP contribution in [0.2, 0.25) is 0 Å². The summed E-state index contributed by atoms with van der Waals surface area (Å²) in [7, 11) is 0. The van der Waals surface area contributed by atoms with Gasteiger partial charge in [0.25, 0.3) is 0 Å². The van der Waals surface area contributed by atoms with E-state index in [2.05, 4.69) is 33.9 Å². The van der Waals surface area contributed by atoms with E-state index in [0.29, 0.717) is 0 Å². The smallest absolute Gasteiger partial charge is 0.147 e. The Morgan fingerprint density at radius 2 is 2.32 bits per heavy atom. The van der Waals surface area contributed by atoms with Gasteiger partial charge in [0.05, 0.1) is 12.1 Å². The Labute approximate surface area is 129 Å². The molecule has 0 radical (unpaired) electrons. The number of benzene rings is 1. The molecule has 1 aromatic carbocycles. The first-order valence-electron chi connectivity index (χ1n) is 7.68. The van der Waals surface area contributed by atoms with Gasteiger partial charge in [-0.1, -0.05) is 0 Å². The lowest BCUT2D eigenvalue weighted by molar-refractivity contribution is 0.316. The van der Waals surface area contributed by atoms with Crippen molar-refractivity contribution in [3.05, 3.63) is 36.7 Å². The van der Waals surface area contributed by atoms with Gasteiger partial charge >= 0.3 is 0 Å². The van der Waals surface area contributed by atoms with Crippen molar-refractivity contribution in [1.82, 2.24) is 14.5 Å². The Bertz CT molecular complexity index is 810. The van der Waals surface area contributed by atoms with Crippen LogP contribution in [0, 0.1) is 0 Å². The van der Waals surface area contributed by atoms with E-state index in [1.807, 2.05) is 18.3 Å². The highest BCUT2D eigenvalue weighted by molar-refractivity contribution is 5.89. The summed E-state index contributed by atoms with van der Waals surface area (Å²) in [6, 6.07) is 8.16. The van der Waals surface area contributed by atoms with E-state index in [4.69, 9.17) is 9.72 Å². The fourth-order valence-electron chi connectivity index (χ4n) is 2.98. The van der Waals surface area contributed by atoms with E-state index >= 15 is 0 Å². The minimum atomic E-state index is 0.735. The first-order valence-corrected chi connectivity index (χ1v) is 7.68. The molecule has 1 N–H and O–H groups in total. The van der Waals surface area contributed by atoms with E-state index < -0.39 is 0 Å². The zero-order valence-electron chi connectivity index (χ0n) is 12.5. The second-order valence-electron chi connectivity index (χ2n) is 5.40. The van der Waals surface area contributed by atoms with Gasteiger partial charge in [0.15, 0.2) is 0 Å². The Hall–Kier alpha value is -2.56. The second-order valence-corrected chi connectivity index (χ2v) is 5.40. The van der Waals surface area contributed by atoms with Gasteiger partial charge in [-0.3, -0.25) is 4.98 Å². The summed E-state index contributed by atoms with van der Waals surface area (Å²) in [5, 5.41) is 3.35. The maximum absolute atomic E-state index is 5.94. The summed E-state index contributed by atoms with van der Waals surface area (Å²) in [4.78, 5) is 9.06. The van der Waals surface area contributed by atoms with Crippen molar-refractivity contribution in [2.24, 2.45) is 0 Å². The second kappa shape index (κ2) is 5.33. The molecule has 0 bridgehead atoms. The third-order valence-electron chi connectivity index (χ3n) is 3.89. The molecule has 3 heterocycles. The fraction of sp³-hybridized carbons (Fsp3) is 0.294. The van der Waals surface area contributed by atoms with Crippen LogP contribution in [-0.4, -0.2) is 27.7 Å². The molecule has 1 aliphatic rings. The lowest BCUT2D eigenvalue weighted by atomic mass is 10.2. The van der Waals surface area contributed by atoms with Gasteiger partial charge in [0.2, 0.25) is 0 Å². The van der Waals surface area contributed by atoms with Gasteiger partial charge in [-0.15, -0.1) is 0 Å². The molecule has 1 aliphatic heterocycles. The first-order chi connectivity index (χ1) is 10.9. The maximum Gasteiger partial charge on any atom is 0.147 e. The van der Waals surface area contributed by atoms with Gasteiger partial charge in [0, 0.05) is 42.8 Å². The van der Waals surface area contributed by atoms with E-state index in [1.165, 1.54) is 0 Å². The number of nitrogens with one attached hydrogen (secondary N) is 1. The Morgan fingerprint density at radius 3 is 3.14 bits per heavy atom. The third kappa shape index (κ3) is 2.09. The topological polar surface area (TPSA) is 52.0 Å². The fourth-order valence-corrected chi connectivity index (χ4v) is 2.98. The molecule has 112 valence electrons. The molecule has 22 heavy (non-hydrogen) atoms. The zero-order chi connectivity index (χ0) is 14.9. The molecule has 0 fully saturated rings. The van der Waals surface area contributed by atoms with E-state index in [-0.39, 0.29) is 0 Å². The summed E-state index contributed by atoms with van der Waals surface area (Å²) in [6.07, 6.45) is 4.62. The van der Waals surface area contributed by atoms with Crippen LogP contribution in [0.3, 0.4) is 0 Å². The molecule has 2 aromatic heterocycles. The van der Waals surface area contributed by atoms with E-state index in [9.17, 15) is 0 Å². The van der Waals surface area contributed by atoms with Crippen molar-refractivity contribution in [3.63, 3.8) is 0 Å². The molecule has 0 unspecified atom stereocenters. The molecular formula is C17H18N4O. The molecule has 5 heteroatoms. The molecule has 0 aliphatic carbocycles. The van der Waals surface area contributed by atoms with Gasteiger partial charge < -0.3 is 14.6 Å². The van der Waals surface area contributed by atoms with Crippen molar-refractivity contribution in [2.45, 2.75) is 19.9 Å². The summed E-state index contributed by atoms with van der Waals surface area (Å²) >= 11 is 0. The molecule has 5 nitrogen and oxygen atoms in total. The Morgan fingerprint density at radius 1 is 1.36 bits per heavy atom. The highest BCUT2D eigenvalue weighted by atomic mass is 16.5. The quantitative estimate of drug-likeness (QED) is 0.805. The van der Waals surface area contributed by atoms with Crippen LogP contribution in [0.15, 0.2) is 36.7 Å². The molecule has 0 atom stereocenters. The van der Waals surface area contributed by atoms with Crippen LogP contribution < -0.4 is 10.1 Å². The van der Waals surface area contributed by atoms with Crippen LogP contribution in [0.5, 0.6) is 5.75 Å². The molecule has 0 saturated carbocycles. The van der Waals surface area contributed by atoms with Crippen LogP contribution in [0.4, 0.5) is 5.69 Å². The van der Waals surface area contributed by atoms with E-state index in [1.54, 1.807) is 6.20 Å². The van der Waals surface area contributed by atoms with Crippen LogP contribution >= 0.6 is 0 Å². The van der Waals surface area contributed by atoms with Gasteiger partial charge in [-0.25, -0.2) is 4.98 Å². The first kappa shape index (κ1) is 13.1. The largest absolute Gasteiger partial charge is 0.491 e. The normalized spacial score (nSPS) is 13.7. The zero-order valence-corrected chi connectivity index (χ0v) is 12.5. The number of nitrogens with zero attached hydrogens (tertiary/aromatic N) is 3. The van der Waals surface area contributed by atoms with Gasteiger partial charge in [-0.05, 0) is 31.5 Å². The van der Waals surface area contributed by atoms with Crippen LogP contribution in [0.25, 0.3) is 22.4 Å². The monoisotopic (exact) mass is 294 g/mol. The molecule has 0 spiro atoms. The standard InChI is InChI=1S/C17H18N4O/c1-2-19-13-9-14-16-15(10-13)22-8-4-7-21(16)17(20-14)12-5-3-6-18-11-12/h3,5-6,9-11,19H,2,4,7-8H2,1H3. The number of hydrogen-bond acceptors (Lipinski definition) is 4. The lowest BCUT2D eigenvalue weighted by Gasteiger charge is -2.08. The van der Waals surface area contributed by atoms with Crippen molar-refractivity contribution in [3.8, 4) is 17.1 Å². The molecule has 0 amide bonds. The summed E-state index contributed by atoms with van der Waals surface area (Å²) in [5.74, 6) is 1.87. The highest BCUT2D eigenvalue weighted by Gasteiger charge is 2.19. The number of hydrogen-bond donors (Lipinski definition) is 1. The van der Waals surface area contributed by atoms with Crippen molar-refractivity contribution in [1.29, 1.82) is 0 Å². The predicted molar refractivity (Wildman–Crippen MR) is 87.2 cm³/mol. The van der Waals surface area contributed by atoms with Crippen molar-refractivity contribution >= 4 is 16.7 Å². The number of aromatic nitrogens is 3. The van der Waals surface area contributed by atoms with Crippen molar-refractivity contribution in [2.75, 3.05) is 18.5 Å². The highest BCUT2D eigenvalue weighted by Crippen LogP contribution is 2.35. The molecule has 4 rings (SSSR count). The van der Waals surface area contributed by atoms with E-state index in [0.717, 1.165) is 60.0 Å². The predicted octanol–water partition coefficient (Wildman–Crippen LogP) is 3.31. The molecule has 3 aromatic rings. The number of ether oxygens (including phenoxy) is 1. The Kier molecular flexibility index (Phi) is 3.18. The minimum absolute atomic E-state index is 0.735.